The van der Waals surface area contributed by atoms with E-state index in [1.165, 1.54) is 35.5 Å². The molecule has 0 saturated carbocycles. The summed E-state index contributed by atoms with van der Waals surface area (Å²) in [5.41, 5.74) is 0. The molecule has 0 saturated heterocycles. The first-order chi connectivity index (χ1) is 10.5. The minimum atomic E-state index is -3.01. The van der Waals surface area contributed by atoms with Crippen molar-refractivity contribution >= 4 is 29.0 Å². The maximum Gasteiger partial charge on any atom is 0.387 e. The summed E-state index contributed by atoms with van der Waals surface area (Å²) in [7, 11) is 1.25. The molecule has 0 unspecified atom stereocenters. The van der Waals surface area contributed by atoms with E-state index in [2.05, 4.69) is 19.9 Å². The highest BCUT2D eigenvalue weighted by atomic mass is 32.1. The zero-order valence-corrected chi connectivity index (χ0v) is 12.1. The molecule has 2 aromatic heterocycles. The lowest BCUT2D eigenvalue weighted by molar-refractivity contribution is -0.141. The Hall–Kier alpha value is -2.49. The van der Waals surface area contributed by atoms with Crippen molar-refractivity contribution in [3.63, 3.8) is 0 Å². The standard InChI is InChI=1S/C12H11F2N3O4S/c1-20-9(18)6-17-4-2-8(16-17)15-11(19)10-7(3-5-22-10)21-12(13)14/h2-5,12H,6H2,1H3,(H,15,16,19). The van der Waals surface area contributed by atoms with Crippen LogP contribution in [0, 0.1) is 0 Å². The molecule has 0 bridgehead atoms. The van der Waals surface area contributed by atoms with Crippen LogP contribution in [-0.2, 0) is 16.1 Å². The van der Waals surface area contributed by atoms with Crippen LogP contribution in [0.2, 0.25) is 0 Å². The summed E-state index contributed by atoms with van der Waals surface area (Å²) >= 11 is 0.961. The molecular formula is C12H11F2N3O4S. The number of aromatic nitrogens is 2. The van der Waals surface area contributed by atoms with Crippen LogP contribution in [-0.4, -0.2) is 35.4 Å². The number of esters is 1. The first-order valence-electron chi connectivity index (χ1n) is 5.93. The molecule has 2 aromatic rings. The van der Waals surface area contributed by atoms with Gasteiger partial charge in [0.2, 0.25) is 0 Å². The molecule has 1 amide bonds. The van der Waals surface area contributed by atoms with Crippen molar-refractivity contribution in [2.45, 2.75) is 13.2 Å². The number of hydrogen-bond donors (Lipinski definition) is 1. The van der Waals surface area contributed by atoms with E-state index in [4.69, 9.17) is 0 Å². The molecule has 22 heavy (non-hydrogen) atoms. The minimum absolute atomic E-state index is 0.00261. The predicted octanol–water partition coefficient (Wildman–Crippen LogP) is 1.97. The number of nitrogens with zero attached hydrogens (tertiary/aromatic N) is 2. The number of rotatable bonds is 6. The highest BCUT2D eigenvalue weighted by molar-refractivity contribution is 7.12. The molecular weight excluding hydrogens is 320 g/mol. The second-order valence-electron chi connectivity index (χ2n) is 3.92. The van der Waals surface area contributed by atoms with Crippen LogP contribution >= 0.6 is 11.3 Å². The summed E-state index contributed by atoms with van der Waals surface area (Å²) in [6, 6.07) is 2.74. The molecule has 1 N–H and O–H groups in total. The molecule has 0 fully saturated rings. The van der Waals surface area contributed by atoms with Crippen molar-refractivity contribution in [3.05, 3.63) is 28.6 Å². The van der Waals surface area contributed by atoms with Gasteiger partial charge in [-0.3, -0.25) is 14.3 Å². The molecule has 0 radical (unpaired) electrons. The third-order valence-electron chi connectivity index (χ3n) is 2.45. The van der Waals surface area contributed by atoms with Crippen LogP contribution in [0.3, 0.4) is 0 Å². The number of thiophene rings is 1. The summed E-state index contributed by atoms with van der Waals surface area (Å²) in [4.78, 5) is 23.1. The van der Waals surface area contributed by atoms with E-state index in [0.29, 0.717) is 0 Å². The number of methoxy groups -OCH3 is 1. The number of alkyl halides is 2. The molecule has 0 spiro atoms. The van der Waals surface area contributed by atoms with Gasteiger partial charge in [-0.1, -0.05) is 0 Å². The topological polar surface area (TPSA) is 82.5 Å². The van der Waals surface area contributed by atoms with Gasteiger partial charge in [-0.25, -0.2) is 0 Å². The number of anilines is 1. The quantitative estimate of drug-likeness (QED) is 0.818. The van der Waals surface area contributed by atoms with E-state index >= 15 is 0 Å². The van der Waals surface area contributed by atoms with Gasteiger partial charge in [0.15, 0.2) is 5.82 Å². The van der Waals surface area contributed by atoms with Gasteiger partial charge < -0.3 is 14.8 Å². The Labute approximate surface area is 127 Å². The lowest BCUT2D eigenvalue weighted by Gasteiger charge is -2.05. The Balaban J connectivity index is 2.03. The Morgan fingerprint density at radius 2 is 2.23 bits per heavy atom. The highest BCUT2D eigenvalue weighted by Crippen LogP contribution is 2.27. The van der Waals surface area contributed by atoms with Gasteiger partial charge in [0.25, 0.3) is 5.91 Å². The summed E-state index contributed by atoms with van der Waals surface area (Å²) in [5, 5.41) is 7.83. The van der Waals surface area contributed by atoms with Crippen LogP contribution in [0.1, 0.15) is 9.67 Å². The molecule has 0 aromatic carbocycles. The second-order valence-corrected chi connectivity index (χ2v) is 4.84. The molecule has 2 heterocycles. The average Bonchev–Trinajstić information content (AvgIpc) is 3.07. The molecule has 118 valence electrons. The lowest BCUT2D eigenvalue weighted by atomic mass is 10.4. The van der Waals surface area contributed by atoms with Crippen molar-refractivity contribution in [2.24, 2.45) is 0 Å². The van der Waals surface area contributed by atoms with Gasteiger partial charge in [0, 0.05) is 12.3 Å². The second kappa shape index (κ2) is 6.98. The number of hydrogen-bond acceptors (Lipinski definition) is 6. The Bertz CT molecular complexity index is 671. The normalized spacial score (nSPS) is 10.5. The van der Waals surface area contributed by atoms with Crippen LogP contribution in [0.4, 0.5) is 14.6 Å². The van der Waals surface area contributed by atoms with E-state index in [1.54, 1.807) is 0 Å². The van der Waals surface area contributed by atoms with Gasteiger partial charge in [0.1, 0.15) is 17.2 Å². The van der Waals surface area contributed by atoms with Crippen molar-refractivity contribution < 1.29 is 27.8 Å². The van der Waals surface area contributed by atoms with E-state index < -0.39 is 18.5 Å². The number of carbonyl (C=O) groups is 2. The van der Waals surface area contributed by atoms with E-state index in [1.807, 2.05) is 0 Å². The third kappa shape index (κ3) is 4.01. The fourth-order valence-corrected chi connectivity index (χ4v) is 2.26. The maximum absolute atomic E-state index is 12.2. The first-order valence-corrected chi connectivity index (χ1v) is 6.81. The number of carbonyl (C=O) groups excluding carboxylic acids is 2. The van der Waals surface area contributed by atoms with Crippen LogP contribution in [0.5, 0.6) is 5.75 Å². The average molecular weight is 331 g/mol. The fourth-order valence-electron chi connectivity index (χ4n) is 1.54. The zero-order valence-electron chi connectivity index (χ0n) is 11.3. The summed E-state index contributed by atoms with van der Waals surface area (Å²) in [6.45, 7) is -3.12. The summed E-state index contributed by atoms with van der Waals surface area (Å²) in [5.74, 6) is -1.15. The molecule has 0 atom stereocenters. The largest absolute Gasteiger partial charge is 0.468 e. The van der Waals surface area contributed by atoms with Crippen molar-refractivity contribution in [1.29, 1.82) is 0 Å². The van der Waals surface area contributed by atoms with Gasteiger partial charge in [-0.2, -0.15) is 13.9 Å². The van der Waals surface area contributed by atoms with Gasteiger partial charge in [-0.15, -0.1) is 11.3 Å². The van der Waals surface area contributed by atoms with Crippen LogP contribution in [0.15, 0.2) is 23.7 Å². The van der Waals surface area contributed by atoms with Gasteiger partial charge >= 0.3 is 12.6 Å². The Morgan fingerprint density at radius 3 is 2.91 bits per heavy atom. The van der Waals surface area contributed by atoms with Crippen molar-refractivity contribution in [1.82, 2.24) is 9.78 Å². The van der Waals surface area contributed by atoms with Crippen LogP contribution in [0.25, 0.3) is 0 Å². The third-order valence-corrected chi connectivity index (χ3v) is 3.35. The van der Waals surface area contributed by atoms with Gasteiger partial charge in [0.05, 0.1) is 7.11 Å². The zero-order chi connectivity index (χ0) is 16.1. The first kappa shape index (κ1) is 15.9. The number of amides is 1. The molecule has 0 aliphatic heterocycles. The predicted molar refractivity (Wildman–Crippen MR) is 73.1 cm³/mol. The summed E-state index contributed by atoms with van der Waals surface area (Å²) in [6.07, 6.45) is 1.47. The van der Waals surface area contributed by atoms with Gasteiger partial charge in [-0.05, 0) is 11.4 Å². The molecule has 2 rings (SSSR count). The van der Waals surface area contributed by atoms with Crippen molar-refractivity contribution in [2.75, 3.05) is 12.4 Å². The molecule has 10 heteroatoms. The van der Waals surface area contributed by atoms with E-state index in [-0.39, 0.29) is 23.0 Å². The van der Waals surface area contributed by atoms with E-state index in [9.17, 15) is 18.4 Å². The SMILES string of the molecule is COC(=O)Cn1ccc(NC(=O)c2sccc2OC(F)F)n1. The molecule has 0 aliphatic carbocycles. The Morgan fingerprint density at radius 1 is 1.45 bits per heavy atom. The fraction of sp³-hybridized carbons (Fsp3) is 0.250. The number of ether oxygens (including phenoxy) is 2. The van der Waals surface area contributed by atoms with E-state index in [0.717, 1.165) is 11.3 Å². The maximum atomic E-state index is 12.2. The smallest absolute Gasteiger partial charge is 0.387 e. The number of halogens is 2. The lowest BCUT2D eigenvalue weighted by Crippen LogP contribution is -2.15. The van der Waals surface area contributed by atoms with Crippen LogP contribution < -0.4 is 10.1 Å². The minimum Gasteiger partial charge on any atom is -0.468 e. The Kier molecular flexibility index (Phi) is 5.04. The summed E-state index contributed by atoms with van der Waals surface area (Å²) < 4.78 is 34.4. The monoisotopic (exact) mass is 331 g/mol. The highest BCUT2D eigenvalue weighted by Gasteiger charge is 2.18. The molecule has 7 nitrogen and oxygen atoms in total. The number of nitrogens with one attached hydrogen (secondary N) is 1. The molecule has 0 aliphatic rings. The van der Waals surface area contributed by atoms with Crippen molar-refractivity contribution in [3.8, 4) is 5.75 Å².